The molecule has 0 atom stereocenters. The van der Waals surface area contributed by atoms with Crippen LogP contribution in [0.25, 0.3) is 27.7 Å². The summed E-state index contributed by atoms with van der Waals surface area (Å²) in [5.74, 6) is 1.73. The zero-order valence-electron chi connectivity index (χ0n) is 15.7. The number of rotatable bonds is 4. The zero-order chi connectivity index (χ0) is 19.1. The van der Waals surface area contributed by atoms with Gasteiger partial charge in [-0.25, -0.2) is 14.5 Å². The molecule has 5 aromatic rings. The normalized spacial score (nSPS) is 11.5. The molecule has 6 heteroatoms. The van der Waals surface area contributed by atoms with Crippen LogP contribution >= 0.6 is 11.8 Å². The second-order valence-electron chi connectivity index (χ2n) is 6.80. The molecule has 0 aliphatic heterocycles. The van der Waals surface area contributed by atoms with E-state index in [4.69, 9.17) is 9.97 Å². The Morgan fingerprint density at radius 3 is 2.61 bits per heavy atom. The van der Waals surface area contributed by atoms with Gasteiger partial charge in [-0.2, -0.15) is 5.10 Å². The van der Waals surface area contributed by atoms with Crippen LogP contribution in [0.15, 0.2) is 72.0 Å². The van der Waals surface area contributed by atoms with Gasteiger partial charge in [-0.05, 0) is 19.1 Å². The Morgan fingerprint density at radius 1 is 0.964 bits per heavy atom. The lowest BCUT2D eigenvalue weighted by molar-refractivity contribution is 0.793. The van der Waals surface area contributed by atoms with Crippen molar-refractivity contribution in [1.29, 1.82) is 0 Å². The zero-order valence-corrected chi connectivity index (χ0v) is 16.5. The van der Waals surface area contributed by atoms with Crippen LogP contribution in [0.1, 0.15) is 11.5 Å². The number of nitrogens with zero attached hydrogens (tertiary/aromatic N) is 5. The van der Waals surface area contributed by atoms with Crippen LogP contribution < -0.4 is 0 Å². The molecule has 0 saturated carbocycles. The maximum atomic E-state index is 4.85. The van der Waals surface area contributed by atoms with E-state index in [0.717, 1.165) is 50.1 Å². The van der Waals surface area contributed by atoms with Gasteiger partial charge in [0.05, 0.1) is 28.2 Å². The van der Waals surface area contributed by atoms with Crippen molar-refractivity contribution in [2.75, 3.05) is 0 Å². The van der Waals surface area contributed by atoms with E-state index in [2.05, 4.69) is 46.2 Å². The molecule has 2 aromatic carbocycles. The number of benzene rings is 2. The highest BCUT2D eigenvalue weighted by Gasteiger charge is 2.13. The summed E-state index contributed by atoms with van der Waals surface area (Å²) >= 11 is 1.66. The van der Waals surface area contributed by atoms with Crippen LogP contribution in [-0.4, -0.2) is 24.1 Å². The average Bonchev–Trinajstić information content (AvgIpc) is 3.29. The summed E-state index contributed by atoms with van der Waals surface area (Å²) in [6.45, 7) is 2.01. The molecule has 0 saturated heterocycles. The summed E-state index contributed by atoms with van der Waals surface area (Å²) in [7, 11) is 2.04. The van der Waals surface area contributed by atoms with Crippen molar-refractivity contribution in [3.05, 3.63) is 78.4 Å². The molecular weight excluding hydrogens is 366 g/mol. The predicted molar refractivity (Wildman–Crippen MR) is 113 cm³/mol. The summed E-state index contributed by atoms with van der Waals surface area (Å²) in [6, 6.07) is 20.6. The molecule has 0 N–H and O–H groups in total. The van der Waals surface area contributed by atoms with E-state index in [1.807, 2.05) is 48.8 Å². The van der Waals surface area contributed by atoms with Gasteiger partial charge in [0.1, 0.15) is 5.82 Å². The number of para-hydroxylation sites is 1. The van der Waals surface area contributed by atoms with E-state index >= 15 is 0 Å². The van der Waals surface area contributed by atoms with Crippen LogP contribution in [0.3, 0.4) is 0 Å². The minimum absolute atomic E-state index is 0.725. The first-order chi connectivity index (χ1) is 13.7. The molecule has 0 radical (unpaired) electrons. The number of hydrogen-bond acceptors (Lipinski definition) is 4. The monoisotopic (exact) mass is 385 g/mol. The van der Waals surface area contributed by atoms with Crippen molar-refractivity contribution in [1.82, 2.24) is 24.1 Å². The van der Waals surface area contributed by atoms with Gasteiger partial charge < -0.3 is 4.57 Å². The molecule has 5 nitrogen and oxygen atoms in total. The van der Waals surface area contributed by atoms with E-state index in [0.29, 0.717) is 0 Å². The van der Waals surface area contributed by atoms with Crippen molar-refractivity contribution in [3.8, 4) is 11.3 Å². The molecule has 0 amide bonds. The number of aromatic nitrogens is 5. The Morgan fingerprint density at radius 2 is 1.75 bits per heavy atom. The summed E-state index contributed by atoms with van der Waals surface area (Å²) in [4.78, 5) is 9.68. The smallest absolute Gasteiger partial charge is 0.190 e. The topological polar surface area (TPSA) is 48.0 Å². The molecular formula is C22H19N5S. The Bertz CT molecular complexity index is 1290. The molecule has 0 bridgehead atoms. The molecule has 0 spiro atoms. The molecule has 3 heterocycles. The number of fused-ring (bicyclic) bond motifs is 3. The molecule has 28 heavy (non-hydrogen) atoms. The average molecular weight is 385 g/mol. The second-order valence-corrected chi connectivity index (χ2v) is 7.74. The van der Waals surface area contributed by atoms with Gasteiger partial charge in [0.15, 0.2) is 5.16 Å². The maximum absolute atomic E-state index is 4.85. The van der Waals surface area contributed by atoms with Crippen LogP contribution in [0.4, 0.5) is 0 Å². The fourth-order valence-electron chi connectivity index (χ4n) is 3.38. The van der Waals surface area contributed by atoms with E-state index in [1.54, 1.807) is 11.8 Å². The molecule has 5 rings (SSSR count). The SMILES string of the molecule is Cc1cc2c3ccccc3nc(SCc3nc(-c4ccccc4)cn3C)n2n1. The second kappa shape index (κ2) is 6.80. The van der Waals surface area contributed by atoms with Crippen molar-refractivity contribution in [2.45, 2.75) is 17.8 Å². The quantitative estimate of drug-likeness (QED) is 0.327. The Labute approximate surface area is 167 Å². The van der Waals surface area contributed by atoms with Crippen molar-refractivity contribution < 1.29 is 0 Å². The number of imidazole rings is 1. The highest BCUT2D eigenvalue weighted by atomic mass is 32.2. The van der Waals surface area contributed by atoms with E-state index in [9.17, 15) is 0 Å². The van der Waals surface area contributed by atoms with E-state index < -0.39 is 0 Å². The predicted octanol–water partition coefficient (Wildman–Crippen LogP) is 4.88. The third-order valence-electron chi connectivity index (χ3n) is 4.78. The fourth-order valence-corrected chi connectivity index (χ4v) is 4.34. The molecule has 0 aliphatic carbocycles. The number of thioether (sulfide) groups is 1. The highest BCUT2D eigenvalue weighted by Crippen LogP contribution is 2.28. The molecule has 0 fully saturated rings. The summed E-state index contributed by atoms with van der Waals surface area (Å²) in [5.41, 5.74) is 5.19. The molecule has 0 aliphatic rings. The Hall–Kier alpha value is -3.12. The minimum Gasteiger partial charge on any atom is -0.337 e. The number of hydrogen-bond donors (Lipinski definition) is 0. The van der Waals surface area contributed by atoms with Gasteiger partial charge >= 0.3 is 0 Å². The van der Waals surface area contributed by atoms with Crippen molar-refractivity contribution >= 4 is 28.2 Å². The lowest BCUT2D eigenvalue weighted by Gasteiger charge is -2.07. The minimum atomic E-state index is 0.725. The van der Waals surface area contributed by atoms with E-state index in [-0.39, 0.29) is 0 Å². The van der Waals surface area contributed by atoms with Crippen molar-refractivity contribution in [2.24, 2.45) is 7.05 Å². The first-order valence-corrected chi connectivity index (χ1v) is 10.1. The van der Waals surface area contributed by atoms with Gasteiger partial charge in [-0.15, -0.1) is 0 Å². The lowest BCUT2D eigenvalue weighted by Crippen LogP contribution is -2.00. The van der Waals surface area contributed by atoms with Gasteiger partial charge in [0.25, 0.3) is 0 Å². The van der Waals surface area contributed by atoms with Gasteiger partial charge in [0.2, 0.25) is 0 Å². The summed E-state index contributed by atoms with van der Waals surface area (Å²) < 4.78 is 4.03. The summed E-state index contributed by atoms with van der Waals surface area (Å²) in [6.07, 6.45) is 2.08. The van der Waals surface area contributed by atoms with Gasteiger partial charge in [-0.1, -0.05) is 60.3 Å². The summed E-state index contributed by atoms with van der Waals surface area (Å²) in [5, 5.41) is 6.66. The lowest BCUT2D eigenvalue weighted by atomic mass is 10.2. The number of aryl methyl sites for hydroxylation is 2. The van der Waals surface area contributed by atoms with Crippen LogP contribution in [0.5, 0.6) is 0 Å². The first kappa shape index (κ1) is 17.0. The molecule has 3 aromatic heterocycles. The van der Waals surface area contributed by atoms with E-state index in [1.165, 1.54) is 0 Å². The Balaban J connectivity index is 1.50. The van der Waals surface area contributed by atoms with Gasteiger partial charge in [-0.3, -0.25) is 0 Å². The third kappa shape index (κ3) is 2.96. The highest BCUT2D eigenvalue weighted by molar-refractivity contribution is 7.98. The Kier molecular flexibility index (Phi) is 4.13. The fraction of sp³-hybridized carbons (Fsp3) is 0.136. The van der Waals surface area contributed by atoms with Crippen molar-refractivity contribution in [3.63, 3.8) is 0 Å². The standard InChI is InChI=1S/C22H19N5S/c1-15-12-20-17-10-6-7-11-18(17)24-22(27(20)25-15)28-14-21-23-19(13-26(21)2)16-8-4-3-5-9-16/h3-13H,14H2,1-2H3. The molecule has 138 valence electrons. The van der Waals surface area contributed by atoms with Crippen LogP contribution in [-0.2, 0) is 12.8 Å². The van der Waals surface area contributed by atoms with Gasteiger partial charge in [0, 0.05) is 24.2 Å². The molecule has 0 unspecified atom stereocenters. The largest absolute Gasteiger partial charge is 0.337 e. The van der Waals surface area contributed by atoms with Crippen LogP contribution in [0, 0.1) is 6.92 Å². The van der Waals surface area contributed by atoms with Crippen LogP contribution in [0.2, 0.25) is 0 Å². The first-order valence-electron chi connectivity index (χ1n) is 9.14. The maximum Gasteiger partial charge on any atom is 0.190 e. The third-order valence-corrected chi connectivity index (χ3v) is 5.71.